The average Bonchev–Trinajstić information content (AvgIpc) is 3.09. The van der Waals surface area contributed by atoms with Crippen LogP contribution in [0, 0.1) is 6.92 Å². The van der Waals surface area contributed by atoms with E-state index in [2.05, 4.69) is 15.4 Å². The Kier molecular flexibility index (Phi) is 5.09. The van der Waals surface area contributed by atoms with Gasteiger partial charge in [0.25, 0.3) is 5.56 Å². The van der Waals surface area contributed by atoms with Crippen LogP contribution in [0.1, 0.15) is 5.01 Å². The van der Waals surface area contributed by atoms with Gasteiger partial charge in [0, 0.05) is 17.3 Å². The van der Waals surface area contributed by atoms with Crippen molar-refractivity contribution in [3.05, 3.63) is 70.0 Å². The number of hydrogen-bond acceptors (Lipinski definition) is 6. The molecule has 4 rings (SSSR count). The third-order valence-corrected chi connectivity index (χ3v) is 5.28. The van der Waals surface area contributed by atoms with E-state index in [1.807, 2.05) is 49.4 Å². The van der Waals surface area contributed by atoms with E-state index < -0.39 is 0 Å². The maximum absolute atomic E-state index is 12.5. The highest BCUT2D eigenvalue weighted by atomic mass is 32.1. The molecule has 2 aromatic heterocycles. The summed E-state index contributed by atoms with van der Waals surface area (Å²) < 4.78 is 7.37. The highest BCUT2D eigenvalue weighted by molar-refractivity contribution is 7.18. The van der Waals surface area contributed by atoms with Crippen molar-refractivity contribution in [3.63, 3.8) is 0 Å². The largest absolute Gasteiger partial charge is 0.497 e. The van der Waals surface area contributed by atoms with Crippen molar-refractivity contribution in [2.24, 2.45) is 0 Å². The SMILES string of the molecule is COc1ccc(-c2ccc(=O)n(CC(=O)Nc3ccc4sc(C)nc4c3)n2)cc1. The van der Waals surface area contributed by atoms with E-state index in [-0.39, 0.29) is 18.0 Å². The summed E-state index contributed by atoms with van der Waals surface area (Å²) in [7, 11) is 1.60. The van der Waals surface area contributed by atoms with E-state index in [1.165, 1.54) is 6.07 Å². The van der Waals surface area contributed by atoms with Crippen molar-refractivity contribution < 1.29 is 9.53 Å². The quantitative estimate of drug-likeness (QED) is 0.548. The van der Waals surface area contributed by atoms with Crippen LogP contribution >= 0.6 is 11.3 Å². The number of rotatable bonds is 5. The smallest absolute Gasteiger partial charge is 0.267 e. The highest BCUT2D eigenvalue weighted by Gasteiger charge is 2.10. The second-order valence-corrected chi connectivity index (χ2v) is 7.64. The summed E-state index contributed by atoms with van der Waals surface area (Å²) in [6.45, 7) is 1.76. The molecule has 7 nitrogen and oxygen atoms in total. The van der Waals surface area contributed by atoms with Crippen LogP contribution in [0.5, 0.6) is 5.75 Å². The summed E-state index contributed by atoms with van der Waals surface area (Å²) in [6, 6.07) is 15.9. The van der Waals surface area contributed by atoms with Gasteiger partial charge >= 0.3 is 0 Å². The van der Waals surface area contributed by atoms with Crippen LogP contribution in [0.25, 0.3) is 21.5 Å². The van der Waals surface area contributed by atoms with Gasteiger partial charge in [-0.3, -0.25) is 9.59 Å². The van der Waals surface area contributed by atoms with Gasteiger partial charge < -0.3 is 10.1 Å². The molecule has 0 aliphatic heterocycles. The lowest BCUT2D eigenvalue weighted by Gasteiger charge is -2.09. The normalized spacial score (nSPS) is 10.8. The molecule has 0 saturated carbocycles. The summed E-state index contributed by atoms with van der Waals surface area (Å²) in [6.07, 6.45) is 0. The summed E-state index contributed by atoms with van der Waals surface area (Å²) in [4.78, 5) is 29.0. The van der Waals surface area contributed by atoms with E-state index in [1.54, 1.807) is 24.5 Å². The number of aromatic nitrogens is 3. The van der Waals surface area contributed by atoms with Gasteiger partial charge in [-0.2, -0.15) is 5.10 Å². The molecule has 0 unspecified atom stereocenters. The standard InChI is InChI=1S/C21H18N4O3S/c1-13-22-18-11-15(5-9-19(18)29-13)23-20(26)12-25-21(27)10-8-17(24-25)14-3-6-16(28-2)7-4-14/h3-11H,12H2,1-2H3,(H,23,26). The zero-order valence-electron chi connectivity index (χ0n) is 15.9. The maximum atomic E-state index is 12.5. The number of methoxy groups -OCH3 is 1. The molecule has 0 saturated heterocycles. The molecule has 1 amide bonds. The summed E-state index contributed by atoms with van der Waals surface area (Å²) in [5, 5.41) is 8.09. The Morgan fingerprint density at radius 2 is 1.93 bits per heavy atom. The number of nitrogens with zero attached hydrogens (tertiary/aromatic N) is 3. The van der Waals surface area contributed by atoms with Gasteiger partial charge in [-0.15, -0.1) is 11.3 Å². The first-order valence-electron chi connectivity index (χ1n) is 8.91. The minimum atomic E-state index is -0.344. The summed E-state index contributed by atoms with van der Waals surface area (Å²) in [5.74, 6) is 0.395. The summed E-state index contributed by atoms with van der Waals surface area (Å²) >= 11 is 1.60. The Hall–Kier alpha value is -3.52. The van der Waals surface area contributed by atoms with Gasteiger partial charge in [0.15, 0.2) is 0 Å². The highest BCUT2D eigenvalue weighted by Crippen LogP contribution is 2.24. The van der Waals surface area contributed by atoms with Crippen molar-refractivity contribution in [1.82, 2.24) is 14.8 Å². The first kappa shape index (κ1) is 18.8. The number of nitrogens with one attached hydrogen (secondary N) is 1. The average molecular weight is 406 g/mol. The molecule has 0 aliphatic carbocycles. The second kappa shape index (κ2) is 7.84. The maximum Gasteiger partial charge on any atom is 0.267 e. The van der Waals surface area contributed by atoms with Gasteiger partial charge in [-0.05, 0) is 55.5 Å². The molecule has 2 aromatic carbocycles. The molecular formula is C21H18N4O3S. The van der Waals surface area contributed by atoms with E-state index in [9.17, 15) is 9.59 Å². The van der Waals surface area contributed by atoms with E-state index in [4.69, 9.17) is 4.74 Å². The lowest BCUT2D eigenvalue weighted by molar-refractivity contribution is -0.117. The molecule has 0 radical (unpaired) electrons. The molecule has 0 fully saturated rings. The van der Waals surface area contributed by atoms with E-state index in [0.717, 1.165) is 31.2 Å². The molecule has 4 aromatic rings. The number of carbonyl (C=O) groups excluding carboxylic acids is 1. The summed E-state index contributed by atoms with van der Waals surface area (Å²) in [5.41, 5.74) is 2.54. The third kappa shape index (κ3) is 4.17. The molecule has 0 atom stereocenters. The number of anilines is 1. The molecule has 0 spiro atoms. The van der Waals surface area contributed by atoms with Gasteiger partial charge in [0.2, 0.25) is 5.91 Å². The fourth-order valence-electron chi connectivity index (χ4n) is 2.93. The Bertz CT molecular complexity index is 1250. The van der Waals surface area contributed by atoms with E-state index >= 15 is 0 Å². The number of fused-ring (bicyclic) bond motifs is 1. The molecular weight excluding hydrogens is 388 g/mol. The van der Waals surface area contributed by atoms with Crippen LogP contribution in [0.2, 0.25) is 0 Å². The number of amides is 1. The molecule has 0 aliphatic rings. The first-order valence-corrected chi connectivity index (χ1v) is 9.73. The minimum absolute atomic E-state index is 0.184. The van der Waals surface area contributed by atoms with E-state index in [0.29, 0.717) is 11.4 Å². The lowest BCUT2D eigenvalue weighted by Crippen LogP contribution is -2.29. The van der Waals surface area contributed by atoms with Crippen molar-refractivity contribution in [1.29, 1.82) is 0 Å². The molecule has 29 heavy (non-hydrogen) atoms. The zero-order valence-corrected chi connectivity index (χ0v) is 16.7. The zero-order chi connectivity index (χ0) is 20.4. The van der Waals surface area contributed by atoms with Crippen molar-refractivity contribution in [3.8, 4) is 17.0 Å². The first-order chi connectivity index (χ1) is 14.0. The minimum Gasteiger partial charge on any atom is -0.497 e. The van der Waals surface area contributed by atoms with Crippen LogP contribution in [-0.4, -0.2) is 27.8 Å². The number of carbonyl (C=O) groups is 1. The van der Waals surface area contributed by atoms with Gasteiger partial charge in [-0.25, -0.2) is 9.67 Å². The third-order valence-electron chi connectivity index (χ3n) is 4.32. The van der Waals surface area contributed by atoms with Crippen LogP contribution in [0.4, 0.5) is 5.69 Å². The second-order valence-electron chi connectivity index (χ2n) is 6.41. The van der Waals surface area contributed by atoms with Crippen molar-refractivity contribution >= 4 is 33.1 Å². The fraction of sp³-hybridized carbons (Fsp3) is 0.143. The Morgan fingerprint density at radius 1 is 1.14 bits per heavy atom. The molecule has 0 bridgehead atoms. The Morgan fingerprint density at radius 3 is 2.69 bits per heavy atom. The van der Waals surface area contributed by atoms with Crippen LogP contribution < -0.4 is 15.6 Å². The van der Waals surface area contributed by atoms with Crippen molar-refractivity contribution in [2.45, 2.75) is 13.5 Å². The number of ether oxygens (including phenoxy) is 1. The number of benzene rings is 2. The predicted molar refractivity (Wildman–Crippen MR) is 113 cm³/mol. The number of hydrogen-bond donors (Lipinski definition) is 1. The molecule has 1 N–H and O–H groups in total. The van der Waals surface area contributed by atoms with Crippen LogP contribution in [0.15, 0.2) is 59.4 Å². The fourth-order valence-corrected chi connectivity index (χ4v) is 3.74. The van der Waals surface area contributed by atoms with Crippen molar-refractivity contribution in [2.75, 3.05) is 12.4 Å². The monoisotopic (exact) mass is 406 g/mol. The number of thiazole rings is 1. The Balaban J connectivity index is 1.52. The lowest BCUT2D eigenvalue weighted by atomic mass is 10.1. The van der Waals surface area contributed by atoms with Crippen LogP contribution in [-0.2, 0) is 11.3 Å². The van der Waals surface area contributed by atoms with Gasteiger partial charge in [0.1, 0.15) is 12.3 Å². The molecule has 146 valence electrons. The predicted octanol–water partition coefficient (Wildman–Crippen LogP) is 3.48. The van der Waals surface area contributed by atoms with Crippen LogP contribution in [0.3, 0.4) is 0 Å². The Labute approximate surface area is 170 Å². The van der Waals surface area contributed by atoms with Gasteiger partial charge in [-0.1, -0.05) is 0 Å². The topological polar surface area (TPSA) is 86.1 Å². The molecule has 8 heteroatoms. The number of aryl methyl sites for hydroxylation is 1. The molecule has 2 heterocycles. The van der Waals surface area contributed by atoms with Gasteiger partial charge in [0.05, 0.1) is 28.0 Å².